The Morgan fingerprint density at radius 2 is 1.96 bits per heavy atom. The van der Waals surface area contributed by atoms with Crippen LogP contribution >= 0.6 is 0 Å². The molecular formula is C21H23N3O3. The van der Waals surface area contributed by atoms with Crippen molar-refractivity contribution < 1.29 is 14.3 Å². The summed E-state index contributed by atoms with van der Waals surface area (Å²) in [7, 11) is 3.34. The Morgan fingerprint density at radius 1 is 1.19 bits per heavy atom. The summed E-state index contributed by atoms with van der Waals surface area (Å²) >= 11 is 0. The summed E-state index contributed by atoms with van der Waals surface area (Å²) in [5.41, 5.74) is 2.22. The molecule has 0 aliphatic heterocycles. The molecule has 0 radical (unpaired) electrons. The molecule has 3 aromatic rings. The van der Waals surface area contributed by atoms with E-state index in [2.05, 4.69) is 10.3 Å². The van der Waals surface area contributed by atoms with Crippen LogP contribution in [-0.4, -0.2) is 48.3 Å². The van der Waals surface area contributed by atoms with Gasteiger partial charge in [0, 0.05) is 34.4 Å². The highest BCUT2D eigenvalue weighted by atomic mass is 16.5. The minimum absolute atomic E-state index is 0.0240. The lowest BCUT2D eigenvalue weighted by Gasteiger charge is -2.23. The number of carbonyl (C=O) groups excluding carboxylic acids is 2. The van der Waals surface area contributed by atoms with Crippen LogP contribution < -0.4 is 10.1 Å². The molecule has 2 aromatic carbocycles. The van der Waals surface area contributed by atoms with E-state index < -0.39 is 6.04 Å². The number of carbonyl (C=O) groups is 2. The van der Waals surface area contributed by atoms with Crippen LogP contribution in [-0.2, 0) is 4.79 Å². The molecule has 6 heteroatoms. The number of hydrogen-bond acceptors (Lipinski definition) is 4. The average Bonchev–Trinajstić information content (AvgIpc) is 3.11. The highest BCUT2D eigenvalue weighted by Gasteiger charge is 2.23. The van der Waals surface area contributed by atoms with Gasteiger partial charge < -0.3 is 15.0 Å². The largest absolute Gasteiger partial charge is 0.497 e. The Morgan fingerprint density at radius 3 is 2.74 bits per heavy atom. The summed E-state index contributed by atoms with van der Waals surface area (Å²) in [6, 6.07) is 14.4. The van der Waals surface area contributed by atoms with Gasteiger partial charge in [0.25, 0.3) is 0 Å². The van der Waals surface area contributed by atoms with Gasteiger partial charge in [-0.25, -0.2) is 0 Å². The van der Waals surface area contributed by atoms with Gasteiger partial charge in [-0.05, 0) is 32.2 Å². The number of likely N-dealkylation sites (N-methyl/N-ethyl adjacent to an activating group) is 1. The third-order valence-electron chi connectivity index (χ3n) is 4.64. The minimum Gasteiger partial charge on any atom is -0.497 e. The van der Waals surface area contributed by atoms with Crippen LogP contribution in [0, 0.1) is 0 Å². The lowest BCUT2D eigenvalue weighted by atomic mass is 10.0. The molecule has 27 heavy (non-hydrogen) atoms. The van der Waals surface area contributed by atoms with Gasteiger partial charge in [0.15, 0.2) is 5.78 Å². The van der Waals surface area contributed by atoms with Gasteiger partial charge in [0.05, 0.1) is 19.7 Å². The van der Waals surface area contributed by atoms with Crippen molar-refractivity contribution in [1.29, 1.82) is 0 Å². The van der Waals surface area contributed by atoms with E-state index in [0.29, 0.717) is 17.0 Å². The third kappa shape index (κ3) is 4.17. The minimum atomic E-state index is -0.430. The number of nitrogens with zero attached hydrogens (tertiary/aromatic N) is 1. The monoisotopic (exact) mass is 365 g/mol. The molecule has 0 unspecified atom stereocenters. The fraction of sp³-hybridized carbons (Fsp3) is 0.238. The SMILES string of the molecule is COc1cccc(NC(=O)CN(C)[C@H](C)C(=O)c2c[nH]c3ccccc23)c1. The fourth-order valence-corrected chi connectivity index (χ4v) is 2.97. The summed E-state index contributed by atoms with van der Waals surface area (Å²) in [5, 5.41) is 3.72. The Bertz CT molecular complexity index is 964. The molecule has 1 atom stereocenters. The van der Waals surface area contributed by atoms with Crippen LogP contribution in [0.15, 0.2) is 54.7 Å². The third-order valence-corrected chi connectivity index (χ3v) is 4.64. The second-order valence-corrected chi connectivity index (χ2v) is 6.48. The number of aromatic amines is 1. The van der Waals surface area contributed by atoms with Crippen molar-refractivity contribution in [3.8, 4) is 5.75 Å². The zero-order valence-electron chi connectivity index (χ0n) is 15.7. The predicted molar refractivity (Wildman–Crippen MR) is 106 cm³/mol. The van der Waals surface area contributed by atoms with Crippen LogP contribution in [0.25, 0.3) is 10.9 Å². The van der Waals surface area contributed by atoms with Gasteiger partial charge in [-0.1, -0.05) is 24.3 Å². The predicted octanol–water partition coefficient (Wildman–Crippen LogP) is 3.32. The summed E-state index contributed by atoms with van der Waals surface area (Å²) in [6.45, 7) is 1.91. The van der Waals surface area contributed by atoms with Crippen molar-refractivity contribution >= 4 is 28.3 Å². The van der Waals surface area contributed by atoms with Crippen molar-refractivity contribution in [3.05, 3.63) is 60.3 Å². The number of ether oxygens (including phenoxy) is 1. The van der Waals surface area contributed by atoms with Gasteiger partial charge in [-0.15, -0.1) is 0 Å². The first-order chi connectivity index (χ1) is 13.0. The van der Waals surface area contributed by atoms with Crippen molar-refractivity contribution in [2.45, 2.75) is 13.0 Å². The normalized spacial score (nSPS) is 12.1. The maximum atomic E-state index is 12.9. The summed E-state index contributed by atoms with van der Waals surface area (Å²) < 4.78 is 5.15. The van der Waals surface area contributed by atoms with Crippen molar-refractivity contribution in [1.82, 2.24) is 9.88 Å². The van der Waals surface area contributed by atoms with E-state index in [0.717, 1.165) is 10.9 Å². The van der Waals surface area contributed by atoms with Crippen LogP contribution in [0.3, 0.4) is 0 Å². The number of rotatable bonds is 7. The fourth-order valence-electron chi connectivity index (χ4n) is 2.97. The Balaban J connectivity index is 1.65. The Labute approximate surface area is 158 Å². The Kier molecular flexibility index (Phi) is 5.57. The molecule has 2 N–H and O–H groups in total. The number of H-pyrrole nitrogens is 1. The molecule has 140 valence electrons. The van der Waals surface area contributed by atoms with Gasteiger partial charge in [0.1, 0.15) is 5.75 Å². The molecule has 1 amide bonds. The molecule has 6 nitrogen and oxygen atoms in total. The van der Waals surface area contributed by atoms with E-state index in [1.807, 2.05) is 37.3 Å². The number of nitrogens with one attached hydrogen (secondary N) is 2. The smallest absolute Gasteiger partial charge is 0.238 e. The van der Waals surface area contributed by atoms with E-state index >= 15 is 0 Å². The summed E-state index contributed by atoms with van der Waals surface area (Å²) in [5.74, 6) is 0.456. The van der Waals surface area contributed by atoms with Crippen LogP contribution in [0.2, 0.25) is 0 Å². The quantitative estimate of drug-likeness (QED) is 0.630. The summed E-state index contributed by atoms with van der Waals surface area (Å²) in [4.78, 5) is 30.1. The van der Waals surface area contributed by atoms with Gasteiger partial charge in [0.2, 0.25) is 5.91 Å². The molecule has 0 aliphatic carbocycles. The molecule has 0 spiro atoms. The highest BCUT2D eigenvalue weighted by Crippen LogP contribution is 2.20. The van der Waals surface area contributed by atoms with Gasteiger partial charge in [-0.2, -0.15) is 0 Å². The number of fused-ring (bicyclic) bond motifs is 1. The molecule has 0 bridgehead atoms. The first kappa shape index (κ1) is 18.7. The molecule has 0 saturated carbocycles. The number of methoxy groups -OCH3 is 1. The zero-order chi connectivity index (χ0) is 19.4. The second kappa shape index (κ2) is 8.05. The molecule has 1 heterocycles. The highest BCUT2D eigenvalue weighted by molar-refractivity contribution is 6.10. The van der Waals surface area contributed by atoms with E-state index in [1.54, 1.807) is 43.5 Å². The molecule has 0 saturated heterocycles. The van der Waals surface area contributed by atoms with E-state index in [4.69, 9.17) is 4.74 Å². The number of hydrogen-bond donors (Lipinski definition) is 2. The number of para-hydroxylation sites is 1. The number of anilines is 1. The number of ketones is 1. The first-order valence-electron chi connectivity index (χ1n) is 8.74. The summed E-state index contributed by atoms with van der Waals surface area (Å²) in [6.07, 6.45) is 1.73. The number of aromatic nitrogens is 1. The standard InChI is InChI=1S/C21H23N3O3/c1-14(21(26)18-12-22-19-10-5-4-9-17(18)19)24(2)13-20(25)23-15-7-6-8-16(11-15)27-3/h4-12,14,22H,13H2,1-3H3,(H,23,25)/t14-/m1/s1. The van der Waals surface area contributed by atoms with Gasteiger partial charge >= 0.3 is 0 Å². The maximum Gasteiger partial charge on any atom is 0.238 e. The zero-order valence-corrected chi connectivity index (χ0v) is 15.7. The lowest BCUT2D eigenvalue weighted by Crippen LogP contribution is -2.40. The maximum absolute atomic E-state index is 12.9. The average molecular weight is 365 g/mol. The molecule has 0 fully saturated rings. The van der Waals surface area contributed by atoms with Crippen molar-refractivity contribution in [2.24, 2.45) is 0 Å². The molecular weight excluding hydrogens is 342 g/mol. The molecule has 1 aromatic heterocycles. The van der Waals surface area contributed by atoms with Gasteiger partial charge in [-0.3, -0.25) is 14.5 Å². The first-order valence-corrected chi connectivity index (χ1v) is 8.74. The van der Waals surface area contributed by atoms with Crippen LogP contribution in [0.5, 0.6) is 5.75 Å². The number of Topliss-reactive ketones (excluding diaryl/α,β-unsaturated/α-hetero) is 1. The Hall–Kier alpha value is -3.12. The van der Waals surface area contributed by atoms with E-state index in [9.17, 15) is 9.59 Å². The number of benzene rings is 2. The van der Waals surface area contributed by atoms with E-state index in [-0.39, 0.29) is 18.2 Å². The van der Waals surface area contributed by atoms with Crippen LogP contribution in [0.4, 0.5) is 5.69 Å². The van der Waals surface area contributed by atoms with E-state index in [1.165, 1.54) is 0 Å². The van der Waals surface area contributed by atoms with Crippen molar-refractivity contribution in [3.63, 3.8) is 0 Å². The topological polar surface area (TPSA) is 74.4 Å². The molecule has 0 aliphatic rings. The lowest BCUT2D eigenvalue weighted by molar-refractivity contribution is -0.117. The van der Waals surface area contributed by atoms with Crippen LogP contribution in [0.1, 0.15) is 17.3 Å². The van der Waals surface area contributed by atoms with Crippen molar-refractivity contribution in [2.75, 3.05) is 26.0 Å². The second-order valence-electron chi connectivity index (χ2n) is 6.48. The molecule has 3 rings (SSSR count). The number of amides is 1.